The Hall–Kier alpha value is -1.19. The SMILES string of the molecule is Cc1cc(F)cc(C(C)(O)c2sccc2C)c1. The molecule has 1 nitrogen and oxygen atoms in total. The van der Waals surface area contributed by atoms with E-state index in [1.54, 1.807) is 6.92 Å². The normalized spacial score (nSPS) is 14.6. The third-order valence-electron chi connectivity index (χ3n) is 2.91. The summed E-state index contributed by atoms with van der Waals surface area (Å²) in [6.07, 6.45) is 0. The summed E-state index contributed by atoms with van der Waals surface area (Å²) in [4.78, 5) is 0.863. The van der Waals surface area contributed by atoms with Crippen LogP contribution in [0.3, 0.4) is 0 Å². The monoisotopic (exact) mass is 250 g/mol. The number of rotatable bonds is 2. The first kappa shape index (κ1) is 12.3. The van der Waals surface area contributed by atoms with Crippen LogP contribution in [0, 0.1) is 19.7 Å². The van der Waals surface area contributed by atoms with E-state index in [-0.39, 0.29) is 5.82 Å². The molecule has 0 saturated carbocycles. The maximum Gasteiger partial charge on any atom is 0.123 e. The van der Waals surface area contributed by atoms with Crippen molar-refractivity contribution in [2.75, 3.05) is 0 Å². The van der Waals surface area contributed by atoms with Crippen LogP contribution in [0.15, 0.2) is 29.6 Å². The van der Waals surface area contributed by atoms with Gasteiger partial charge >= 0.3 is 0 Å². The van der Waals surface area contributed by atoms with Gasteiger partial charge in [-0.15, -0.1) is 11.3 Å². The van der Waals surface area contributed by atoms with Crippen molar-refractivity contribution in [1.82, 2.24) is 0 Å². The maximum atomic E-state index is 13.4. The van der Waals surface area contributed by atoms with Crippen molar-refractivity contribution >= 4 is 11.3 Å². The number of aliphatic hydroxyl groups is 1. The van der Waals surface area contributed by atoms with Gasteiger partial charge in [0.2, 0.25) is 0 Å². The average molecular weight is 250 g/mol. The highest BCUT2D eigenvalue weighted by molar-refractivity contribution is 7.10. The molecule has 2 aromatic rings. The summed E-state index contributed by atoms with van der Waals surface area (Å²) in [5, 5.41) is 12.6. The van der Waals surface area contributed by atoms with E-state index in [2.05, 4.69) is 0 Å². The topological polar surface area (TPSA) is 20.2 Å². The highest BCUT2D eigenvalue weighted by Crippen LogP contribution is 2.35. The summed E-state index contributed by atoms with van der Waals surface area (Å²) < 4.78 is 13.4. The summed E-state index contributed by atoms with van der Waals surface area (Å²) in [6.45, 7) is 5.48. The highest BCUT2D eigenvalue weighted by Gasteiger charge is 2.29. The Bertz CT molecular complexity index is 523. The van der Waals surface area contributed by atoms with E-state index < -0.39 is 5.60 Å². The Labute approximate surface area is 105 Å². The molecule has 1 atom stereocenters. The molecule has 1 N–H and O–H groups in total. The number of halogens is 1. The molecule has 3 heteroatoms. The molecule has 2 rings (SSSR count). The molecule has 0 aliphatic heterocycles. The van der Waals surface area contributed by atoms with E-state index in [1.165, 1.54) is 23.5 Å². The zero-order valence-corrected chi connectivity index (χ0v) is 10.9. The molecule has 0 fully saturated rings. The molecule has 0 amide bonds. The van der Waals surface area contributed by atoms with E-state index in [1.807, 2.05) is 31.4 Å². The van der Waals surface area contributed by atoms with Crippen LogP contribution in [0.5, 0.6) is 0 Å². The minimum Gasteiger partial charge on any atom is -0.380 e. The van der Waals surface area contributed by atoms with Crippen LogP contribution in [0.2, 0.25) is 0 Å². The van der Waals surface area contributed by atoms with E-state index >= 15 is 0 Å². The van der Waals surface area contributed by atoms with Crippen LogP contribution in [-0.2, 0) is 5.60 Å². The van der Waals surface area contributed by atoms with Gasteiger partial charge in [-0.1, -0.05) is 6.07 Å². The second kappa shape index (κ2) is 4.24. The maximum absolute atomic E-state index is 13.4. The van der Waals surface area contributed by atoms with Crippen LogP contribution >= 0.6 is 11.3 Å². The molecule has 1 unspecified atom stereocenters. The summed E-state index contributed by atoms with van der Waals surface area (Å²) in [6, 6.07) is 6.63. The van der Waals surface area contributed by atoms with Crippen LogP contribution in [0.1, 0.15) is 28.5 Å². The standard InChI is InChI=1S/C14H15FOS/c1-9-6-11(8-12(15)7-9)14(3,16)13-10(2)4-5-17-13/h4-8,16H,1-3H3. The van der Waals surface area contributed by atoms with Gasteiger partial charge in [0.05, 0.1) is 0 Å². The molecule has 1 aromatic heterocycles. The molecular weight excluding hydrogens is 235 g/mol. The van der Waals surface area contributed by atoms with E-state index in [0.29, 0.717) is 5.56 Å². The first-order valence-corrected chi connectivity index (χ1v) is 6.34. The van der Waals surface area contributed by atoms with Crippen molar-refractivity contribution in [3.63, 3.8) is 0 Å². The van der Waals surface area contributed by atoms with Gasteiger partial charge in [-0.2, -0.15) is 0 Å². The van der Waals surface area contributed by atoms with Crippen molar-refractivity contribution in [3.8, 4) is 0 Å². The number of thiophene rings is 1. The third-order valence-corrected chi connectivity index (χ3v) is 4.14. The lowest BCUT2D eigenvalue weighted by atomic mass is 9.91. The number of benzene rings is 1. The second-order valence-electron chi connectivity index (χ2n) is 4.52. The van der Waals surface area contributed by atoms with Gasteiger partial charge in [-0.3, -0.25) is 0 Å². The minimum absolute atomic E-state index is 0.311. The molecule has 0 saturated heterocycles. The zero-order valence-electron chi connectivity index (χ0n) is 10.1. The molecular formula is C14H15FOS. The predicted octanol–water partition coefficient (Wildman–Crippen LogP) is 3.76. The molecule has 0 radical (unpaired) electrons. The highest BCUT2D eigenvalue weighted by atomic mass is 32.1. The van der Waals surface area contributed by atoms with E-state index in [0.717, 1.165) is 16.0 Å². The van der Waals surface area contributed by atoms with Gasteiger partial charge < -0.3 is 5.11 Å². The lowest BCUT2D eigenvalue weighted by Gasteiger charge is -2.24. The molecule has 17 heavy (non-hydrogen) atoms. The van der Waals surface area contributed by atoms with E-state index in [4.69, 9.17) is 0 Å². The summed E-state index contributed by atoms with van der Waals surface area (Å²) in [5.74, 6) is -0.311. The van der Waals surface area contributed by atoms with Crippen molar-refractivity contribution in [2.45, 2.75) is 26.4 Å². The van der Waals surface area contributed by atoms with Gasteiger partial charge in [0, 0.05) is 4.88 Å². The molecule has 0 spiro atoms. The number of aryl methyl sites for hydroxylation is 2. The van der Waals surface area contributed by atoms with Crippen molar-refractivity contribution in [2.24, 2.45) is 0 Å². The largest absolute Gasteiger partial charge is 0.380 e. The molecule has 0 aliphatic rings. The summed E-state index contributed by atoms with van der Waals surface area (Å²) in [5.41, 5.74) is 1.31. The van der Waals surface area contributed by atoms with E-state index in [9.17, 15) is 9.50 Å². The Morgan fingerprint density at radius 1 is 1.24 bits per heavy atom. The minimum atomic E-state index is -1.13. The quantitative estimate of drug-likeness (QED) is 0.860. The van der Waals surface area contributed by atoms with Gasteiger partial charge in [-0.05, 0) is 61.0 Å². The Kier molecular flexibility index (Phi) is 3.06. The van der Waals surface area contributed by atoms with Gasteiger partial charge in [0.25, 0.3) is 0 Å². The van der Waals surface area contributed by atoms with Gasteiger partial charge in [0.15, 0.2) is 0 Å². The zero-order chi connectivity index (χ0) is 12.6. The Balaban J connectivity index is 2.55. The lowest BCUT2D eigenvalue weighted by molar-refractivity contribution is 0.105. The number of hydrogen-bond donors (Lipinski definition) is 1. The lowest BCUT2D eigenvalue weighted by Crippen LogP contribution is -2.22. The molecule has 1 heterocycles. The van der Waals surface area contributed by atoms with Crippen LogP contribution in [0.25, 0.3) is 0 Å². The molecule has 90 valence electrons. The molecule has 1 aromatic carbocycles. The summed E-state index contributed by atoms with van der Waals surface area (Å²) >= 11 is 1.49. The predicted molar refractivity (Wildman–Crippen MR) is 68.9 cm³/mol. The van der Waals surface area contributed by atoms with Crippen molar-refractivity contribution in [1.29, 1.82) is 0 Å². The Morgan fingerprint density at radius 2 is 1.94 bits per heavy atom. The first-order valence-electron chi connectivity index (χ1n) is 5.46. The Morgan fingerprint density at radius 3 is 2.47 bits per heavy atom. The van der Waals surface area contributed by atoms with Crippen LogP contribution in [-0.4, -0.2) is 5.11 Å². The van der Waals surface area contributed by atoms with Crippen molar-refractivity contribution in [3.05, 3.63) is 57.0 Å². The fourth-order valence-electron chi connectivity index (χ4n) is 2.02. The van der Waals surface area contributed by atoms with Crippen molar-refractivity contribution < 1.29 is 9.50 Å². The average Bonchev–Trinajstić information content (AvgIpc) is 2.63. The smallest absolute Gasteiger partial charge is 0.123 e. The molecule has 0 aliphatic carbocycles. The first-order chi connectivity index (χ1) is 7.91. The van der Waals surface area contributed by atoms with Crippen LogP contribution < -0.4 is 0 Å². The summed E-state index contributed by atoms with van der Waals surface area (Å²) in [7, 11) is 0. The van der Waals surface area contributed by atoms with Gasteiger partial charge in [-0.25, -0.2) is 4.39 Å². The third kappa shape index (κ3) is 2.26. The van der Waals surface area contributed by atoms with Gasteiger partial charge in [0.1, 0.15) is 11.4 Å². The fraction of sp³-hybridized carbons (Fsp3) is 0.286. The molecule has 0 bridgehead atoms. The van der Waals surface area contributed by atoms with Crippen LogP contribution in [0.4, 0.5) is 4.39 Å². The number of hydrogen-bond acceptors (Lipinski definition) is 2. The second-order valence-corrected chi connectivity index (χ2v) is 5.44. The fourth-order valence-corrected chi connectivity index (χ4v) is 3.03.